The Kier molecular flexibility index (Phi) is 4.10. The molecule has 3 aromatic rings. The fourth-order valence-electron chi connectivity index (χ4n) is 3.13. The number of piperazine rings is 1. The molecule has 25 heavy (non-hydrogen) atoms. The molecular formula is C17H19N5OS2. The van der Waals surface area contributed by atoms with Crippen LogP contribution in [0.3, 0.4) is 0 Å². The molecule has 0 unspecified atom stereocenters. The van der Waals surface area contributed by atoms with Crippen LogP contribution in [-0.2, 0) is 0 Å². The van der Waals surface area contributed by atoms with Gasteiger partial charge in [-0.1, -0.05) is 0 Å². The van der Waals surface area contributed by atoms with Gasteiger partial charge in [0.25, 0.3) is 5.91 Å². The maximum Gasteiger partial charge on any atom is 0.260 e. The van der Waals surface area contributed by atoms with Crippen molar-refractivity contribution in [2.45, 2.75) is 0 Å². The van der Waals surface area contributed by atoms with E-state index in [0.29, 0.717) is 10.6 Å². The van der Waals surface area contributed by atoms with Crippen LogP contribution < -0.4 is 16.4 Å². The number of fused-ring (bicyclic) bond motifs is 1. The van der Waals surface area contributed by atoms with E-state index in [2.05, 4.69) is 34.4 Å². The highest BCUT2D eigenvalue weighted by Gasteiger charge is 2.22. The van der Waals surface area contributed by atoms with Gasteiger partial charge in [-0.05, 0) is 41.1 Å². The Morgan fingerprint density at radius 2 is 2.04 bits per heavy atom. The fraction of sp³-hybridized carbons (Fsp3) is 0.294. The van der Waals surface area contributed by atoms with E-state index in [9.17, 15) is 4.79 Å². The summed E-state index contributed by atoms with van der Waals surface area (Å²) in [6.45, 7) is 3.88. The fourth-order valence-corrected chi connectivity index (χ4v) is 4.76. The Balaban J connectivity index is 1.90. The van der Waals surface area contributed by atoms with Gasteiger partial charge >= 0.3 is 0 Å². The molecule has 1 fully saturated rings. The molecule has 1 amide bonds. The predicted molar refractivity (Wildman–Crippen MR) is 106 cm³/mol. The number of aromatic nitrogens is 1. The van der Waals surface area contributed by atoms with Crippen LogP contribution in [0.5, 0.6) is 0 Å². The van der Waals surface area contributed by atoms with Gasteiger partial charge in [-0.25, -0.2) is 4.98 Å². The first-order chi connectivity index (χ1) is 12.0. The minimum absolute atomic E-state index is 0.384. The molecule has 0 aliphatic carbocycles. The number of carbonyl (C=O) groups excluding carboxylic acids is 1. The lowest BCUT2D eigenvalue weighted by Crippen LogP contribution is -2.44. The second kappa shape index (κ2) is 6.29. The van der Waals surface area contributed by atoms with E-state index in [1.54, 1.807) is 11.3 Å². The number of primary amides is 1. The monoisotopic (exact) mass is 373 g/mol. The Labute approximate surface area is 153 Å². The molecule has 6 nitrogen and oxygen atoms in total. The number of hydrogen-bond donors (Lipinski definition) is 2. The van der Waals surface area contributed by atoms with Crippen molar-refractivity contribution in [3.05, 3.63) is 27.8 Å². The summed E-state index contributed by atoms with van der Waals surface area (Å²) in [5, 5.41) is 4.95. The third-order valence-electron chi connectivity index (χ3n) is 4.57. The first-order valence-electron chi connectivity index (χ1n) is 8.03. The molecule has 0 radical (unpaired) electrons. The van der Waals surface area contributed by atoms with Crippen molar-refractivity contribution in [3.8, 4) is 11.1 Å². The first-order valence-corrected chi connectivity index (χ1v) is 9.79. The number of anilines is 2. The Morgan fingerprint density at radius 3 is 2.68 bits per heavy atom. The molecule has 4 N–H and O–H groups in total. The molecule has 1 aliphatic heterocycles. The zero-order valence-corrected chi connectivity index (χ0v) is 15.5. The number of amides is 1. The molecule has 1 saturated heterocycles. The summed E-state index contributed by atoms with van der Waals surface area (Å²) in [5.74, 6) is 0.428. The zero-order chi connectivity index (χ0) is 17.6. The van der Waals surface area contributed by atoms with Crippen LogP contribution in [0.25, 0.3) is 21.3 Å². The van der Waals surface area contributed by atoms with Gasteiger partial charge in [-0.3, -0.25) is 4.79 Å². The second-order valence-electron chi connectivity index (χ2n) is 6.22. The Hall–Kier alpha value is -2.16. The minimum atomic E-state index is -0.502. The number of rotatable bonds is 3. The first kappa shape index (κ1) is 16.3. The number of nitrogens with two attached hydrogens (primary N) is 2. The SMILES string of the molecule is CN1CCN(c2cc(-c3ccsc3)c3c(N)c(C(N)=O)sc3n2)CC1. The summed E-state index contributed by atoms with van der Waals surface area (Å²) in [4.78, 5) is 22.3. The smallest absolute Gasteiger partial charge is 0.260 e. The lowest BCUT2D eigenvalue weighted by atomic mass is 10.0. The molecule has 0 saturated carbocycles. The maximum absolute atomic E-state index is 11.7. The van der Waals surface area contributed by atoms with Crippen LogP contribution >= 0.6 is 22.7 Å². The van der Waals surface area contributed by atoms with Crippen LogP contribution in [0.1, 0.15) is 9.67 Å². The topological polar surface area (TPSA) is 88.5 Å². The van der Waals surface area contributed by atoms with Crippen LogP contribution in [0.2, 0.25) is 0 Å². The van der Waals surface area contributed by atoms with Crippen LogP contribution in [0.4, 0.5) is 11.5 Å². The van der Waals surface area contributed by atoms with E-state index in [-0.39, 0.29) is 0 Å². The summed E-state index contributed by atoms with van der Waals surface area (Å²) in [5.41, 5.74) is 14.3. The molecule has 0 aromatic carbocycles. The zero-order valence-electron chi connectivity index (χ0n) is 13.9. The number of carbonyl (C=O) groups is 1. The van der Waals surface area contributed by atoms with E-state index in [0.717, 1.165) is 53.3 Å². The molecular weight excluding hydrogens is 354 g/mol. The van der Waals surface area contributed by atoms with Gasteiger partial charge in [0, 0.05) is 31.6 Å². The van der Waals surface area contributed by atoms with E-state index < -0.39 is 5.91 Å². The van der Waals surface area contributed by atoms with E-state index in [1.165, 1.54) is 11.3 Å². The minimum Gasteiger partial charge on any atom is -0.397 e. The Morgan fingerprint density at radius 1 is 1.28 bits per heavy atom. The number of likely N-dealkylation sites (N-methyl/N-ethyl adjacent to an activating group) is 1. The van der Waals surface area contributed by atoms with Gasteiger partial charge < -0.3 is 21.3 Å². The highest BCUT2D eigenvalue weighted by atomic mass is 32.1. The molecule has 1 aliphatic rings. The van der Waals surface area contributed by atoms with Crippen LogP contribution in [0.15, 0.2) is 22.9 Å². The molecule has 4 rings (SSSR count). The second-order valence-corrected chi connectivity index (χ2v) is 8.00. The third-order valence-corrected chi connectivity index (χ3v) is 6.37. The van der Waals surface area contributed by atoms with Gasteiger partial charge in [0.15, 0.2) is 0 Å². The summed E-state index contributed by atoms with van der Waals surface area (Å²) in [6, 6.07) is 4.15. The van der Waals surface area contributed by atoms with E-state index >= 15 is 0 Å². The van der Waals surface area contributed by atoms with Gasteiger partial charge in [-0.15, -0.1) is 11.3 Å². The molecule has 8 heteroatoms. The van der Waals surface area contributed by atoms with E-state index in [4.69, 9.17) is 16.5 Å². The molecule has 0 atom stereocenters. The average Bonchev–Trinajstić information content (AvgIpc) is 3.23. The molecule has 3 aromatic heterocycles. The maximum atomic E-state index is 11.7. The van der Waals surface area contributed by atoms with Crippen molar-refractivity contribution < 1.29 is 4.79 Å². The number of nitrogens with zero attached hydrogens (tertiary/aromatic N) is 3. The van der Waals surface area contributed by atoms with Crippen molar-refractivity contribution in [1.29, 1.82) is 0 Å². The molecule has 4 heterocycles. The van der Waals surface area contributed by atoms with Crippen molar-refractivity contribution in [3.63, 3.8) is 0 Å². The van der Waals surface area contributed by atoms with Crippen molar-refractivity contribution in [2.75, 3.05) is 43.9 Å². The van der Waals surface area contributed by atoms with Gasteiger partial charge in [-0.2, -0.15) is 11.3 Å². The van der Waals surface area contributed by atoms with Crippen molar-refractivity contribution in [1.82, 2.24) is 9.88 Å². The third kappa shape index (κ3) is 2.86. The van der Waals surface area contributed by atoms with Crippen molar-refractivity contribution in [2.24, 2.45) is 5.73 Å². The summed E-state index contributed by atoms with van der Waals surface area (Å²) >= 11 is 2.91. The van der Waals surface area contributed by atoms with E-state index in [1.807, 2.05) is 5.38 Å². The van der Waals surface area contributed by atoms with Gasteiger partial charge in [0.2, 0.25) is 0 Å². The largest absolute Gasteiger partial charge is 0.397 e. The normalized spacial score (nSPS) is 15.8. The summed E-state index contributed by atoms with van der Waals surface area (Å²) in [6.07, 6.45) is 0. The summed E-state index contributed by atoms with van der Waals surface area (Å²) in [7, 11) is 2.13. The van der Waals surface area contributed by atoms with Gasteiger partial charge in [0.1, 0.15) is 15.5 Å². The standard InChI is InChI=1S/C17H19N5OS2/c1-21-3-5-22(6-4-21)12-8-11(10-2-7-24-9-10)13-14(18)15(16(19)23)25-17(13)20-12/h2,7-9H,3-6,18H2,1H3,(H2,19,23). The predicted octanol–water partition coefficient (Wildman–Crippen LogP) is 2.46. The molecule has 130 valence electrons. The Bertz CT molecular complexity index is 926. The van der Waals surface area contributed by atoms with Crippen LogP contribution in [0, 0.1) is 0 Å². The number of nitrogen functional groups attached to an aromatic ring is 1. The lowest BCUT2D eigenvalue weighted by molar-refractivity contribution is 0.100. The summed E-state index contributed by atoms with van der Waals surface area (Å²) < 4.78 is 0. The quantitative estimate of drug-likeness (QED) is 0.736. The van der Waals surface area contributed by atoms with Gasteiger partial charge in [0.05, 0.1) is 5.69 Å². The lowest BCUT2D eigenvalue weighted by Gasteiger charge is -2.33. The number of thiophene rings is 2. The molecule has 0 bridgehead atoms. The number of pyridine rings is 1. The molecule has 0 spiro atoms. The van der Waals surface area contributed by atoms with Crippen LogP contribution in [-0.4, -0.2) is 49.0 Å². The number of hydrogen-bond acceptors (Lipinski definition) is 7. The van der Waals surface area contributed by atoms with Crippen molar-refractivity contribution >= 4 is 50.3 Å². The highest BCUT2D eigenvalue weighted by molar-refractivity contribution is 7.21. The highest BCUT2D eigenvalue weighted by Crippen LogP contribution is 2.41. The average molecular weight is 374 g/mol.